The number of nitrogens with zero attached hydrogens (tertiary/aromatic N) is 1. The predicted molar refractivity (Wildman–Crippen MR) is 63.5 cm³/mol. The van der Waals surface area contributed by atoms with Crippen LogP contribution < -0.4 is 11.1 Å². The molecule has 1 aromatic heterocycles. The maximum atomic E-state index is 11.7. The summed E-state index contributed by atoms with van der Waals surface area (Å²) < 4.78 is 6.55. The Morgan fingerprint density at radius 3 is 2.76 bits per heavy atom. The lowest BCUT2D eigenvalue weighted by molar-refractivity contribution is -0.124. The fraction of sp³-hybridized carbons (Fsp3) is 0.455. The van der Waals surface area contributed by atoms with E-state index in [1.54, 1.807) is 17.7 Å². The molecule has 0 atom stereocenters. The number of aryl methyl sites for hydroxylation is 1. The second-order valence-corrected chi connectivity index (χ2v) is 3.47. The van der Waals surface area contributed by atoms with Crippen molar-refractivity contribution in [3.63, 3.8) is 0 Å². The Bertz CT molecular complexity index is 412. The van der Waals surface area contributed by atoms with E-state index in [1.165, 1.54) is 6.07 Å². The average Bonchev–Trinajstić information content (AvgIpc) is 2.68. The quantitative estimate of drug-likeness (QED) is 0.727. The topological polar surface area (TPSA) is 86.3 Å². The van der Waals surface area contributed by atoms with Crippen LogP contribution in [0, 0.1) is 0 Å². The van der Waals surface area contributed by atoms with E-state index < -0.39 is 5.97 Å². The molecule has 0 aliphatic rings. The van der Waals surface area contributed by atoms with Gasteiger partial charge in [-0.15, -0.1) is 0 Å². The molecular formula is C11H17N3O3. The zero-order valence-corrected chi connectivity index (χ0v) is 10.0. The van der Waals surface area contributed by atoms with Gasteiger partial charge < -0.3 is 20.4 Å². The lowest BCUT2D eigenvalue weighted by Gasteiger charge is -2.06. The van der Waals surface area contributed by atoms with Crippen LogP contribution in [0.25, 0.3) is 0 Å². The lowest BCUT2D eigenvalue weighted by Crippen LogP contribution is -2.28. The highest BCUT2D eigenvalue weighted by Crippen LogP contribution is 2.11. The van der Waals surface area contributed by atoms with Gasteiger partial charge in [0.2, 0.25) is 0 Å². The molecule has 1 aromatic rings. The van der Waals surface area contributed by atoms with E-state index in [2.05, 4.69) is 5.32 Å². The van der Waals surface area contributed by atoms with Crippen LogP contribution >= 0.6 is 0 Å². The Kier molecular flexibility index (Phi) is 4.56. The molecule has 94 valence electrons. The molecule has 1 heterocycles. The van der Waals surface area contributed by atoms with Crippen molar-refractivity contribution in [1.29, 1.82) is 0 Å². The Labute approximate surface area is 99.7 Å². The summed E-state index contributed by atoms with van der Waals surface area (Å²) in [6.45, 7) is 4.53. The van der Waals surface area contributed by atoms with E-state index in [1.807, 2.05) is 6.92 Å². The normalized spacial score (nSPS) is 10.0. The number of hydrogen-bond donors (Lipinski definition) is 2. The van der Waals surface area contributed by atoms with Gasteiger partial charge >= 0.3 is 5.97 Å². The number of esters is 1. The van der Waals surface area contributed by atoms with E-state index in [4.69, 9.17) is 10.5 Å². The first kappa shape index (κ1) is 13.1. The number of rotatable bonds is 5. The number of amides is 1. The highest BCUT2D eigenvalue weighted by Gasteiger charge is 2.14. The van der Waals surface area contributed by atoms with Gasteiger partial charge in [0.15, 0.2) is 6.61 Å². The van der Waals surface area contributed by atoms with Crippen molar-refractivity contribution in [2.24, 2.45) is 0 Å². The molecule has 1 amide bonds. The highest BCUT2D eigenvalue weighted by atomic mass is 16.5. The number of carbonyl (C=O) groups excluding carboxylic acids is 2. The minimum atomic E-state index is -0.546. The monoisotopic (exact) mass is 239 g/mol. The van der Waals surface area contributed by atoms with Crippen LogP contribution in [0.3, 0.4) is 0 Å². The number of hydrogen-bond acceptors (Lipinski definition) is 4. The number of likely N-dealkylation sites (N-methyl/N-ethyl adjacent to an activating group) is 1. The first-order valence-electron chi connectivity index (χ1n) is 5.48. The Balaban J connectivity index is 2.60. The van der Waals surface area contributed by atoms with Gasteiger partial charge in [-0.2, -0.15) is 0 Å². The summed E-state index contributed by atoms with van der Waals surface area (Å²) >= 11 is 0. The molecule has 0 radical (unpaired) electrons. The number of aromatic nitrogens is 1. The van der Waals surface area contributed by atoms with Gasteiger partial charge in [0.1, 0.15) is 5.69 Å². The number of nitrogens with two attached hydrogens (primary N) is 1. The molecule has 0 aromatic carbocycles. The van der Waals surface area contributed by atoms with Gasteiger partial charge in [0.05, 0.1) is 5.69 Å². The number of nitrogen functional groups attached to an aromatic ring is 1. The molecule has 0 fully saturated rings. The molecule has 3 N–H and O–H groups in total. The maximum Gasteiger partial charge on any atom is 0.355 e. The third-order valence-electron chi connectivity index (χ3n) is 2.18. The Hall–Kier alpha value is -1.98. The zero-order chi connectivity index (χ0) is 12.8. The lowest BCUT2D eigenvalue weighted by atomic mass is 10.4. The minimum Gasteiger partial charge on any atom is -0.451 e. The Morgan fingerprint density at radius 2 is 2.18 bits per heavy atom. The van der Waals surface area contributed by atoms with Crippen LogP contribution in [0.15, 0.2) is 12.3 Å². The number of nitrogens with one attached hydrogen (secondary N) is 1. The van der Waals surface area contributed by atoms with E-state index in [9.17, 15) is 9.59 Å². The summed E-state index contributed by atoms with van der Waals surface area (Å²) in [5, 5.41) is 2.54. The summed E-state index contributed by atoms with van der Waals surface area (Å²) in [5.41, 5.74) is 6.44. The molecule has 0 saturated heterocycles. The van der Waals surface area contributed by atoms with E-state index >= 15 is 0 Å². The van der Waals surface area contributed by atoms with Gasteiger partial charge in [-0.3, -0.25) is 4.79 Å². The fourth-order valence-corrected chi connectivity index (χ4v) is 1.42. The van der Waals surface area contributed by atoms with Crippen molar-refractivity contribution in [2.75, 3.05) is 18.9 Å². The summed E-state index contributed by atoms with van der Waals surface area (Å²) in [4.78, 5) is 22.8. The molecule has 6 nitrogen and oxygen atoms in total. The van der Waals surface area contributed by atoms with Crippen LogP contribution in [0.5, 0.6) is 0 Å². The predicted octanol–water partition coefficient (Wildman–Crippen LogP) is 0.383. The van der Waals surface area contributed by atoms with Gasteiger partial charge in [0.25, 0.3) is 5.91 Å². The SMILES string of the molecule is CCNC(=O)COC(=O)c1cc(N)cn1CC. The molecule has 1 rings (SSSR count). The number of ether oxygens (including phenoxy) is 1. The second kappa shape index (κ2) is 5.93. The fourth-order valence-electron chi connectivity index (χ4n) is 1.42. The molecule has 6 heteroatoms. The molecule has 0 saturated carbocycles. The van der Waals surface area contributed by atoms with Crippen LogP contribution in [0.1, 0.15) is 24.3 Å². The largest absolute Gasteiger partial charge is 0.451 e. The van der Waals surface area contributed by atoms with Crippen LogP contribution in [-0.4, -0.2) is 29.6 Å². The van der Waals surface area contributed by atoms with Crippen molar-refractivity contribution in [1.82, 2.24) is 9.88 Å². The maximum absolute atomic E-state index is 11.7. The van der Waals surface area contributed by atoms with E-state index in [0.717, 1.165) is 0 Å². The second-order valence-electron chi connectivity index (χ2n) is 3.47. The third-order valence-corrected chi connectivity index (χ3v) is 2.18. The summed E-state index contributed by atoms with van der Waals surface area (Å²) in [7, 11) is 0. The summed E-state index contributed by atoms with van der Waals surface area (Å²) in [6.07, 6.45) is 1.66. The molecule has 0 aliphatic carbocycles. The van der Waals surface area contributed by atoms with Crippen LogP contribution in [0.4, 0.5) is 5.69 Å². The first-order valence-corrected chi connectivity index (χ1v) is 5.48. The Morgan fingerprint density at radius 1 is 1.47 bits per heavy atom. The van der Waals surface area contributed by atoms with Crippen molar-refractivity contribution < 1.29 is 14.3 Å². The van der Waals surface area contributed by atoms with E-state index in [-0.39, 0.29) is 12.5 Å². The summed E-state index contributed by atoms with van der Waals surface area (Å²) in [5.74, 6) is -0.863. The molecule has 0 aliphatic heterocycles. The molecular weight excluding hydrogens is 222 g/mol. The van der Waals surface area contributed by atoms with Crippen molar-refractivity contribution in [3.8, 4) is 0 Å². The van der Waals surface area contributed by atoms with E-state index in [0.29, 0.717) is 24.5 Å². The standard InChI is InChI=1S/C11H17N3O3/c1-3-13-10(15)7-17-11(16)9-5-8(12)6-14(9)4-2/h5-6H,3-4,7,12H2,1-2H3,(H,13,15). The highest BCUT2D eigenvalue weighted by molar-refractivity contribution is 5.91. The van der Waals surface area contributed by atoms with Crippen LogP contribution in [0.2, 0.25) is 0 Å². The van der Waals surface area contributed by atoms with Gasteiger partial charge in [-0.05, 0) is 19.9 Å². The minimum absolute atomic E-state index is 0.276. The van der Waals surface area contributed by atoms with Gasteiger partial charge in [0, 0.05) is 19.3 Å². The van der Waals surface area contributed by atoms with Crippen molar-refractivity contribution in [3.05, 3.63) is 18.0 Å². The third kappa shape index (κ3) is 3.51. The van der Waals surface area contributed by atoms with Gasteiger partial charge in [-0.1, -0.05) is 0 Å². The average molecular weight is 239 g/mol. The molecule has 17 heavy (non-hydrogen) atoms. The van der Waals surface area contributed by atoms with Crippen LogP contribution in [-0.2, 0) is 16.1 Å². The first-order chi connectivity index (χ1) is 8.08. The zero-order valence-electron chi connectivity index (χ0n) is 10.0. The molecule has 0 bridgehead atoms. The van der Waals surface area contributed by atoms with Gasteiger partial charge in [-0.25, -0.2) is 4.79 Å². The molecule has 0 spiro atoms. The molecule has 0 unspecified atom stereocenters. The number of carbonyl (C=O) groups is 2. The smallest absolute Gasteiger partial charge is 0.355 e. The number of anilines is 1. The summed E-state index contributed by atoms with van der Waals surface area (Å²) in [6, 6.07) is 1.53. The van der Waals surface area contributed by atoms with Crippen molar-refractivity contribution in [2.45, 2.75) is 20.4 Å². The van der Waals surface area contributed by atoms with Crippen molar-refractivity contribution >= 4 is 17.6 Å².